The number of para-hydroxylation sites is 1. The van der Waals surface area contributed by atoms with Crippen molar-refractivity contribution in [1.82, 2.24) is 9.55 Å². The minimum atomic E-state index is -0.132. The van der Waals surface area contributed by atoms with Gasteiger partial charge in [-0.15, -0.1) is 22.7 Å². The monoisotopic (exact) mass is 395 g/mol. The molecule has 0 radical (unpaired) electrons. The molecule has 1 N–H and O–H groups in total. The standard InChI is InChI=1S/C20H17N3O2S2/c1-13-7-8-16(27-13)15-11-26-19-18(15)20(25)23(12-21-19)10-9-17(24)22-14-5-3-2-4-6-14/h2-8,11-12H,9-10H2,1H3,(H,22,24). The second-order valence-corrected chi connectivity index (χ2v) is 8.29. The van der Waals surface area contributed by atoms with E-state index in [2.05, 4.69) is 10.3 Å². The third kappa shape index (κ3) is 3.70. The van der Waals surface area contributed by atoms with Gasteiger partial charge in [0.15, 0.2) is 0 Å². The van der Waals surface area contributed by atoms with Gasteiger partial charge in [-0.05, 0) is 31.2 Å². The highest BCUT2D eigenvalue weighted by molar-refractivity contribution is 7.19. The molecule has 0 saturated heterocycles. The van der Waals surface area contributed by atoms with Crippen molar-refractivity contribution in [3.8, 4) is 10.4 Å². The van der Waals surface area contributed by atoms with E-state index in [9.17, 15) is 9.59 Å². The van der Waals surface area contributed by atoms with E-state index >= 15 is 0 Å². The smallest absolute Gasteiger partial charge is 0.262 e. The summed E-state index contributed by atoms with van der Waals surface area (Å²) in [6.45, 7) is 2.34. The number of nitrogens with one attached hydrogen (secondary N) is 1. The summed E-state index contributed by atoms with van der Waals surface area (Å²) in [6.07, 6.45) is 1.74. The van der Waals surface area contributed by atoms with Crippen molar-refractivity contribution in [2.75, 3.05) is 5.32 Å². The number of carbonyl (C=O) groups excluding carboxylic acids is 1. The molecule has 136 valence electrons. The van der Waals surface area contributed by atoms with E-state index in [0.717, 1.165) is 21.0 Å². The molecule has 0 spiro atoms. The van der Waals surface area contributed by atoms with Crippen molar-refractivity contribution < 1.29 is 4.79 Å². The van der Waals surface area contributed by atoms with Crippen LogP contribution in [0.25, 0.3) is 20.7 Å². The molecule has 0 unspecified atom stereocenters. The number of benzene rings is 1. The molecule has 1 amide bonds. The zero-order valence-corrected chi connectivity index (χ0v) is 16.3. The third-order valence-corrected chi connectivity index (χ3v) is 6.12. The number of thiophene rings is 2. The van der Waals surface area contributed by atoms with Gasteiger partial charge in [0.2, 0.25) is 5.91 Å². The van der Waals surface area contributed by atoms with Crippen LogP contribution in [0.3, 0.4) is 0 Å². The molecule has 3 aromatic heterocycles. The fraction of sp³-hybridized carbons (Fsp3) is 0.150. The van der Waals surface area contributed by atoms with Crippen LogP contribution in [-0.4, -0.2) is 15.5 Å². The molecule has 0 aliphatic rings. The number of aryl methyl sites for hydroxylation is 2. The molecule has 0 saturated carbocycles. The lowest BCUT2D eigenvalue weighted by Crippen LogP contribution is -2.23. The van der Waals surface area contributed by atoms with Crippen LogP contribution in [0.4, 0.5) is 5.69 Å². The molecule has 1 aromatic carbocycles. The molecule has 7 heteroatoms. The Morgan fingerprint density at radius 2 is 2.00 bits per heavy atom. The number of anilines is 1. The zero-order valence-electron chi connectivity index (χ0n) is 14.6. The van der Waals surface area contributed by atoms with Crippen molar-refractivity contribution in [3.05, 3.63) is 69.4 Å². The Kier molecular flexibility index (Phi) is 4.87. The summed E-state index contributed by atoms with van der Waals surface area (Å²) in [5.41, 5.74) is 1.57. The number of rotatable bonds is 5. The highest BCUT2D eigenvalue weighted by atomic mass is 32.1. The van der Waals surface area contributed by atoms with E-state index in [1.807, 2.05) is 54.8 Å². The number of carbonyl (C=O) groups is 1. The van der Waals surface area contributed by atoms with E-state index in [4.69, 9.17) is 0 Å². The molecule has 3 heterocycles. The highest BCUT2D eigenvalue weighted by Crippen LogP contribution is 2.34. The number of nitrogens with zero attached hydrogens (tertiary/aromatic N) is 2. The first-order valence-electron chi connectivity index (χ1n) is 8.50. The van der Waals surface area contributed by atoms with E-state index in [1.54, 1.807) is 11.3 Å². The number of aromatic nitrogens is 2. The summed E-state index contributed by atoms with van der Waals surface area (Å²) in [6, 6.07) is 13.4. The molecular weight excluding hydrogens is 378 g/mol. The first-order chi connectivity index (χ1) is 13.1. The van der Waals surface area contributed by atoms with Crippen molar-refractivity contribution in [2.24, 2.45) is 0 Å². The predicted octanol–water partition coefficient (Wildman–Crippen LogP) is 4.52. The molecule has 0 bridgehead atoms. The van der Waals surface area contributed by atoms with Crippen LogP contribution in [0.1, 0.15) is 11.3 Å². The second-order valence-electron chi connectivity index (χ2n) is 6.15. The first-order valence-corrected chi connectivity index (χ1v) is 10.2. The van der Waals surface area contributed by atoms with Gasteiger partial charge in [0.1, 0.15) is 4.83 Å². The van der Waals surface area contributed by atoms with Gasteiger partial charge in [-0.25, -0.2) is 4.98 Å². The van der Waals surface area contributed by atoms with E-state index in [0.29, 0.717) is 11.9 Å². The minimum Gasteiger partial charge on any atom is -0.326 e. The fourth-order valence-electron chi connectivity index (χ4n) is 2.85. The molecule has 4 rings (SSSR count). The Bertz CT molecular complexity index is 1160. The molecule has 5 nitrogen and oxygen atoms in total. The van der Waals surface area contributed by atoms with Crippen LogP contribution < -0.4 is 10.9 Å². The number of hydrogen-bond donors (Lipinski definition) is 1. The minimum absolute atomic E-state index is 0.102. The van der Waals surface area contributed by atoms with Crippen LogP contribution in [0.2, 0.25) is 0 Å². The molecule has 0 aliphatic carbocycles. The Hall–Kier alpha value is -2.77. The van der Waals surface area contributed by atoms with Crippen molar-refractivity contribution >= 4 is 44.5 Å². The van der Waals surface area contributed by atoms with Gasteiger partial charge < -0.3 is 5.32 Å². The normalized spacial score (nSPS) is 11.0. The Morgan fingerprint density at radius 1 is 1.19 bits per heavy atom. The summed E-state index contributed by atoms with van der Waals surface area (Å²) in [5.74, 6) is -0.132. The number of hydrogen-bond acceptors (Lipinski definition) is 5. The lowest BCUT2D eigenvalue weighted by atomic mass is 10.2. The van der Waals surface area contributed by atoms with Gasteiger partial charge in [0, 0.05) is 39.4 Å². The van der Waals surface area contributed by atoms with Crippen LogP contribution in [0, 0.1) is 6.92 Å². The van der Waals surface area contributed by atoms with Gasteiger partial charge in [-0.2, -0.15) is 0 Å². The van der Waals surface area contributed by atoms with Crippen molar-refractivity contribution in [1.29, 1.82) is 0 Å². The molecule has 0 fully saturated rings. The average Bonchev–Trinajstić information content (AvgIpc) is 3.28. The Balaban J connectivity index is 1.57. The maximum absolute atomic E-state index is 13.0. The van der Waals surface area contributed by atoms with Crippen molar-refractivity contribution in [2.45, 2.75) is 19.9 Å². The summed E-state index contributed by atoms with van der Waals surface area (Å²) in [5, 5.41) is 5.45. The van der Waals surface area contributed by atoms with Crippen LogP contribution >= 0.6 is 22.7 Å². The fourth-order valence-corrected chi connectivity index (χ4v) is 4.72. The number of amides is 1. The Labute approximate surface area is 163 Å². The lowest BCUT2D eigenvalue weighted by molar-refractivity contribution is -0.116. The van der Waals surface area contributed by atoms with Gasteiger partial charge in [-0.1, -0.05) is 18.2 Å². The van der Waals surface area contributed by atoms with Gasteiger partial charge in [-0.3, -0.25) is 14.2 Å². The zero-order chi connectivity index (χ0) is 18.8. The Morgan fingerprint density at radius 3 is 2.74 bits per heavy atom. The molecule has 0 aliphatic heterocycles. The third-order valence-electron chi connectivity index (χ3n) is 4.20. The van der Waals surface area contributed by atoms with Crippen molar-refractivity contribution in [3.63, 3.8) is 0 Å². The molecule has 4 aromatic rings. The largest absolute Gasteiger partial charge is 0.326 e. The summed E-state index contributed by atoms with van der Waals surface area (Å²) >= 11 is 3.13. The quantitative estimate of drug-likeness (QED) is 0.540. The summed E-state index contributed by atoms with van der Waals surface area (Å²) < 4.78 is 1.52. The highest BCUT2D eigenvalue weighted by Gasteiger charge is 2.15. The van der Waals surface area contributed by atoms with E-state index in [1.165, 1.54) is 27.1 Å². The van der Waals surface area contributed by atoms with Gasteiger partial charge >= 0.3 is 0 Å². The maximum Gasteiger partial charge on any atom is 0.262 e. The van der Waals surface area contributed by atoms with Crippen LogP contribution in [0.15, 0.2) is 59.0 Å². The topological polar surface area (TPSA) is 64.0 Å². The predicted molar refractivity (Wildman–Crippen MR) is 112 cm³/mol. The van der Waals surface area contributed by atoms with E-state index < -0.39 is 0 Å². The SMILES string of the molecule is Cc1ccc(-c2csc3ncn(CCC(=O)Nc4ccccc4)c(=O)c23)s1. The molecular formula is C20H17N3O2S2. The van der Waals surface area contributed by atoms with E-state index in [-0.39, 0.29) is 17.9 Å². The molecule has 27 heavy (non-hydrogen) atoms. The van der Waals surface area contributed by atoms with Gasteiger partial charge in [0.05, 0.1) is 11.7 Å². The average molecular weight is 396 g/mol. The van der Waals surface area contributed by atoms with Crippen LogP contribution in [0.5, 0.6) is 0 Å². The second kappa shape index (κ2) is 7.46. The van der Waals surface area contributed by atoms with Gasteiger partial charge in [0.25, 0.3) is 5.56 Å². The number of fused-ring (bicyclic) bond motifs is 1. The summed E-state index contributed by atoms with van der Waals surface area (Å²) in [7, 11) is 0. The summed E-state index contributed by atoms with van der Waals surface area (Å²) in [4.78, 5) is 32.5. The first kappa shape index (κ1) is 17.6. The lowest BCUT2D eigenvalue weighted by Gasteiger charge is -2.07. The molecule has 0 atom stereocenters. The maximum atomic E-state index is 13.0. The van der Waals surface area contributed by atoms with Crippen LogP contribution in [-0.2, 0) is 11.3 Å².